The van der Waals surface area contributed by atoms with Crippen molar-refractivity contribution >= 4 is 5.91 Å². The number of carbonyl (C=O) groups excluding carboxylic acids is 1. The SMILES string of the molecule is C/C=C/C(=O)NC1CC(O)C1(C)C. The van der Waals surface area contributed by atoms with Gasteiger partial charge in [0.05, 0.1) is 6.10 Å². The predicted octanol–water partition coefficient (Wildman–Crippen LogP) is 0.838. The zero-order valence-electron chi connectivity index (χ0n) is 8.37. The molecule has 0 heterocycles. The molecule has 2 N–H and O–H groups in total. The summed E-state index contributed by atoms with van der Waals surface area (Å²) >= 11 is 0. The minimum absolute atomic E-state index is 0.0764. The predicted molar refractivity (Wildman–Crippen MR) is 51.1 cm³/mol. The zero-order chi connectivity index (χ0) is 10.1. The number of carbonyl (C=O) groups is 1. The molecule has 2 unspecified atom stereocenters. The molecular weight excluding hydrogens is 166 g/mol. The van der Waals surface area contributed by atoms with Gasteiger partial charge in [0.25, 0.3) is 0 Å². The van der Waals surface area contributed by atoms with Crippen LogP contribution >= 0.6 is 0 Å². The highest BCUT2D eigenvalue weighted by Gasteiger charge is 2.47. The van der Waals surface area contributed by atoms with Gasteiger partial charge in [-0.05, 0) is 19.4 Å². The maximum atomic E-state index is 11.2. The number of aliphatic hydroxyl groups excluding tert-OH is 1. The van der Waals surface area contributed by atoms with E-state index in [-0.39, 0.29) is 23.5 Å². The van der Waals surface area contributed by atoms with Crippen LogP contribution in [0.1, 0.15) is 27.2 Å². The van der Waals surface area contributed by atoms with Crippen molar-refractivity contribution in [3.8, 4) is 0 Å². The molecule has 0 aromatic carbocycles. The Balaban J connectivity index is 2.45. The lowest BCUT2D eigenvalue weighted by Gasteiger charge is -2.49. The van der Waals surface area contributed by atoms with Gasteiger partial charge >= 0.3 is 0 Å². The topological polar surface area (TPSA) is 49.3 Å². The second-order valence-corrected chi connectivity index (χ2v) is 4.13. The van der Waals surface area contributed by atoms with Crippen LogP contribution in [0.25, 0.3) is 0 Å². The fourth-order valence-electron chi connectivity index (χ4n) is 1.52. The fraction of sp³-hybridized carbons (Fsp3) is 0.700. The lowest BCUT2D eigenvalue weighted by atomic mass is 9.64. The molecule has 74 valence electrons. The lowest BCUT2D eigenvalue weighted by Crippen LogP contribution is -2.60. The van der Waals surface area contributed by atoms with Crippen LogP contribution in [0.4, 0.5) is 0 Å². The molecule has 3 nitrogen and oxygen atoms in total. The highest BCUT2D eigenvalue weighted by Crippen LogP contribution is 2.40. The molecule has 0 spiro atoms. The van der Waals surface area contributed by atoms with Crippen LogP contribution in [0.3, 0.4) is 0 Å². The molecule has 1 aliphatic rings. The Hall–Kier alpha value is -0.830. The van der Waals surface area contributed by atoms with Crippen molar-refractivity contribution in [2.75, 3.05) is 0 Å². The molecule has 0 radical (unpaired) electrons. The fourth-order valence-corrected chi connectivity index (χ4v) is 1.52. The second kappa shape index (κ2) is 3.50. The molecule has 1 aliphatic carbocycles. The van der Waals surface area contributed by atoms with E-state index in [1.165, 1.54) is 6.08 Å². The number of amides is 1. The van der Waals surface area contributed by atoms with Crippen LogP contribution in [0.15, 0.2) is 12.2 Å². The molecule has 0 saturated heterocycles. The van der Waals surface area contributed by atoms with Crippen molar-refractivity contribution in [1.29, 1.82) is 0 Å². The maximum absolute atomic E-state index is 11.2. The summed E-state index contributed by atoms with van der Waals surface area (Å²) in [7, 11) is 0. The average Bonchev–Trinajstić information content (AvgIpc) is 2.04. The summed E-state index contributed by atoms with van der Waals surface area (Å²) < 4.78 is 0. The van der Waals surface area contributed by atoms with Crippen molar-refractivity contribution in [3.63, 3.8) is 0 Å². The van der Waals surface area contributed by atoms with Crippen LogP contribution in [-0.4, -0.2) is 23.2 Å². The Morgan fingerprint density at radius 1 is 1.62 bits per heavy atom. The summed E-state index contributed by atoms with van der Waals surface area (Å²) in [5.41, 5.74) is -0.183. The molecule has 1 rings (SSSR count). The summed E-state index contributed by atoms with van der Waals surface area (Å²) in [6.45, 7) is 5.73. The third-order valence-corrected chi connectivity index (χ3v) is 2.85. The van der Waals surface area contributed by atoms with Crippen molar-refractivity contribution in [2.45, 2.75) is 39.3 Å². The van der Waals surface area contributed by atoms with E-state index in [1.54, 1.807) is 13.0 Å². The van der Waals surface area contributed by atoms with Gasteiger partial charge in [0.1, 0.15) is 0 Å². The zero-order valence-corrected chi connectivity index (χ0v) is 8.37. The van der Waals surface area contributed by atoms with Crippen LogP contribution in [-0.2, 0) is 4.79 Å². The summed E-state index contributed by atoms with van der Waals surface area (Å²) in [5, 5.41) is 12.3. The molecule has 13 heavy (non-hydrogen) atoms. The van der Waals surface area contributed by atoms with Crippen LogP contribution < -0.4 is 5.32 Å². The third kappa shape index (κ3) is 1.91. The number of allylic oxidation sites excluding steroid dienone is 1. The first kappa shape index (κ1) is 10.3. The van der Waals surface area contributed by atoms with Gasteiger partial charge in [-0.1, -0.05) is 19.9 Å². The molecule has 0 aliphatic heterocycles. The quantitative estimate of drug-likeness (QED) is 0.623. The third-order valence-electron chi connectivity index (χ3n) is 2.85. The molecule has 3 heteroatoms. The van der Waals surface area contributed by atoms with Gasteiger partial charge in [-0.3, -0.25) is 4.79 Å². The highest BCUT2D eigenvalue weighted by molar-refractivity contribution is 5.87. The number of rotatable bonds is 2. The largest absolute Gasteiger partial charge is 0.392 e. The first-order chi connectivity index (χ1) is 5.98. The first-order valence-corrected chi connectivity index (χ1v) is 4.59. The molecule has 0 aromatic rings. The Bertz CT molecular complexity index is 233. The van der Waals surface area contributed by atoms with Crippen molar-refractivity contribution in [2.24, 2.45) is 5.41 Å². The molecular formula is C10H17NO2. The van der Waals surface area contributed by atoms with Crippen LogP contribution in [0.5, 0.6) is 0 Å². The van der Waals surface area contributed by atoms with Crippen LogP contribution in [0.2, 0.25) is 0 Å². The minimum atomic E-state index is -0.289. The van der Waals surface area contributed by atoms with Crippen molar-refractivity contribution in [1.82, 2.24) is 5.32 Å². The van der Waals surface area contributed by atoms with Crippen molar-refractivity contribution in [3.05, 3.63) is 12.2 Å². The molecule has 1 saturated carbocycles. The van der Waals surface area contributed by atoms with Gasteiger partial charge in [0.2, 0.25) is 5.91 Å². The monoisotopic (exact) mass is 183 g/mol. The van der Waals surface area contributed by atoms with Gasteiger partial charge in [0.15, 0.2) is 0 Å². The second-order valence-electron chi connectivity index (χ2n) is 4.13. The van der Waals surface area contributed by atoms with E-state index in [2.05, 4.69) is 5.32 Å². The summed E-state index contributed by atoms with van der Waals surface area (Å²) in [5.74, 6) is -0.0764. The van der Waals surface area contributed by atoms with E-state index >= 15 is 0 Å². The molecule has 1 amide bonds. The van der Waals surface area contributed by atoms with Gasteiger partial charge in [-0.15, -0.1) is 0 Å². The maximum Gasteiger partial charge on any atom is 0.243 e. The van der Waals surface area contributed by atoms with E-state index in [9.17, 15) is 9.90 Å². The van der Waals surface area contributed by atoms with E-state index in [0.717, 1.165) is 0 Å². The molecule has 1 fully saturated rings. The molecule has 2 atom stereocenters. The summed E-state index contributed by atoms with van der Waals surface area (Å²) in [4.78, 5) is 11.2. The van der Waals surface area contributed by atoms with Crippen LogP contribution in [0, 0.1) is 5.41 Å². The smallest absolute Gasteiger partial charge is 0.243 e. The standard InChI is InChI=1S/C10H17NO2/c1-4-5-9(13)11-7-6-8(12)10(7,2)3/h4-5,7-8,12H,6H2,1-3H3,(H,11,13)/b5-4+. The molecule has 0 bridgehead atoms. The van der Waals surface area contributed by atoms with E-state index in [0.29, 0.717) is 6.42 Å². The average molecular weight is 183 g/mol. The Morgan fingerprint density at radius 2 is 2.23 bits per heavy atom. The van der Waals surface area contributed by atoms with E-state index in [1.807, 2.05) is 13.8 Å². The van der Waals surface area contributed by atoms with Crippen molar-refractivity contribution < 1.29 is 9.90 Å². The number of hydrogen-bond donors (Lipinski definition) is 2. The molecule has 0 aromatic heterocycles. The Labute approximate surface area is 78.8 Å². The minimum Gasteiger partial charge on any atom is -0.392 e. The number of nitrogens with one attached hydrogen (secondary N) is 1. The van der Waals surface area contributed by atoms with E-state index in [4.69, 9.17) is 0 Å². The van der Waals surface area contributed by atoms with Gasteiger partial charge in [0, 0.05) is 11.5 Å². The number of aliphatic hydroxyl groups is 1. The van der Waals surface area contributed by atoms with E-state index < -0.39 is 0 Å². The first-order valence-electron chi connectivity index (χ1n) is 4.59. The number of hydrogen-bond acceptors (Lipinski definition) is 2. The van der Waals surface area contributed by atoms with Gasteiger partial charge in [-0.2, -0.15) is 0 Å². The highest BCUT2D eigenvalue weighted by atomic mass is 16.3. The van der Waals surface area contributed by atoms with Gasteiger partial charge < -0.3 is 10.4 Å². The summed E-state index contributed by atoms with van der Waals surface area (Å²) in [6.07, 6.45) is 3.58. The Morgan fingerprint density at radius 3 is 2.62 bits per heavy atom. The lowest BCUT2D eigenvalue weighted by molar-refractivity contribution is -0.124. The van der Waals surface area contributed by atoms with Gasteiger partial charge in [-0.25, -0.2) is 0 Å². The summed E-state index contributed by atoms with van der Waals surface area (Å²) in [6, 6.07) is 0.103. The Kier molecular flexibility index (Phi) is 2.76. The normalized spacial score (nSPS) is 31.4.